The average molecular weight is 457 g/mol. The van der Waals surface area contributed by atoms with Crippen molar-refractivity contribution in [3.8, 4) is 0 Å². The van der Waals surface area contributed by atoms with Crippen molar-refractivity contribution in [2.24, 2.45) is 5.92 Å². The molecule has 2 atom stereocenters. The Labute approximate surface area is 156 Å². The van der Waals surface area contributed by atoms with Crippen molar-refractivity contribution in [2.45, 2.75) is 24.7 Å². The van der Waals surface area contributed by atoms with Crippen LogP contribution in [0.1, 0.15) is 25.5 Å². The van der Waals surface area contributed by atoms with Gasteiger partial charge in [0.2, 0.25) is 0 Å². The van der Waals surface area contributed by atoms with E-state index >= 15 is 0 Å². The summed E-state index contributed by atoms with van der Waals surface area (Å²) in [6.07, 6.45) is 12.9. The van der Waals surface area contributed by atoms with Gasteiger partial charge in [-0.3, -0.25) is 4.98 Å². The molecule has 0 bridgehead atoms. The smallest absolute Gasteiger partial charge is 0.179 e. The normalized spacial score (nSPS) is 20.0. The van der Waals surface area contributed by atoms with Crippen LogP contribution in [-0.4, -0.2) is 29.1 Å². The number of hydrogen-bond donors (Lipinski definition) is 1. The van der Waals surface area contributed by atoms with Gasteiger partial charge in [-0.05, 0) is 40.6 Å². The molecular formula is C17H20IN3O2S. The summed E-state index contributed by atoms with van der Waals surface area (Å²) in [7, 11) is -3.23. The first-order chi connectivity index (χ1) is 11.5. The van der Waals surface area contributed by atoms with Gasteiger partial charge in [0.1, 0.15) is 0 Å². The number of aromatic nitrogens is 3. The SMILES string of the molecule is CCS(=O)(=O)c1cccnc1C1C=CC(I)=CC1C.c1c[nH]cn1. The first kappa shape index (κ1) is 18.9. The zero-order chi connectivity index (χ0) is 17.6. The highest BCUT2D eigenvalue weighted by Gasteiger charge is 2.26. The largest absolute Gasteiger partial charge is 0.351 e. The molecule has 0 saturated carbocycles. The monoisotopic (exact) mass is 457 g/mol. The molecule has 128 valence electrons. The van der Waals surface area contributed by atoms with Crippen molar-refractivity contribution in [1.82, 2.24) is 15.0 Å². The van der Waals surface area contributed by atoms with Crippen molar-refractivity contribution >= 4 is 32.4 Å². The van der Waals surface area contributed by atoms with E-state index in [1.165, 1.54) is 3.58 Å². The molecule has 3 rings (SSSR count). The number of rotatable bonds is 3. The zero-order valence-electron chi connectivity index (χ0n) is 13.6. The summed E-state index contributed by atoms with van der Waals surface area (Å²) >= 11 is 2.27. The summed E-state index contributed by atoms with van der Waals surface area (Å²) in [6.45, 7) is 3.75. The van der Waals surface area contributed by atoms with Gasteiger partial charge in [0.15, 0.2) is 9.84 Å². The lowest BCUT2D eigenvalue weighted by molar-refractivity contribution is 0.581. The Balaban J connectivity index is 0.000000355. The summed E-state index contributed by atoms with van der Waals surface area (Å²) in [5, 5.41) is 0. The lowest BCUT2D eigenvalue weighted by Crippen LogP contribution is -2.16. The van der Waals surface area contributed by atoms with E-state index in [9.17, 15) is 8.42 Å². The molecule has 2 heterocycles. The zero-order valence-corrected chi connectivity index (χ0v) is 16.5. The van der Waals surface area contributed by atoms with Crippen molar-refractivity contribution in [2.75, 3.05) is 5.75 Å². The molecule has 2 aromatic rings. The minimum absolute atomic E-state index is 0.0241. The second kappa shape index (κ2) is 8.57. The number of pyridine rings is 1. The van der Waals surface area contributed by atoms with Crippen LogP contribution in [0.5, 0.6) is 0 Å². The summed E-state index contributed by atoms with van der Waals surface area (Å²) in [5.41, 5.74) is 0.660. The molecule has 24 heavy (non-hydrogen) atoms. The predicted octanol–water partition coefficient (Wildman–Crippen LogP) is 3.89. The number of imidazole rings is 1. The molecule has 5 nitrogen and oxygen atoms in total. The fraction of sp³-hybridized carbons (Fsp3) is 0.294. The first-order valence-electron chi connectivity index (χ1n) is 7.61. The van der Waals surface area contributed by atoms with E-state index in [-0.39, 0.29) is 17.6 Å². The summed E-state index contributed by atoms with van der Waals surface area (Å²) in [5.74, 6) is 0.373. The molecule has 0 aromatic carbocycles. The molecule has 0 radical (unpaired) electrons. The molecule has 0 fully saturated rings. The number of aromatic amines is 1. The third-order valence-electron chi connectivity index (χ3n) is 3.69. The standard InChI is InChI=1S/C14H16INO2S.C3H4N2/c1-3-19(17,18)13-5-4-8-16-14(13)12-7-6-11(15)9-10(12)2;1-2-5-3-4-1/h4-10,12H,3H2,1-2H3;1-3H,(H,4,5). The van der Waals surface area contributed by atoms with Crippen LogP contribution in [-0.2, 0) is 9.84 Å². The first-order valence-corrected chi connectivity index (χ1v) is 10.3. The third-order valence-corrected chi connectivity index (χ3v) is 6.18. The highest BCUT2D eigenvalue weighted by atomic mass is 127. The Hall–Kier alpha value is -1.48. The maximum Gasteiger partial charge on any atom is 0.179 e. The van der Waals surface area contributed by atoms with E-state index in [1.807, 2.05) is 12.2 Å². The van der Waals surface area contributed by atoms with Crippen molar-refractivity contribution < 1.29 is 8.42 Å². The van der Waals surface area contributed by atoms with Crippen LogP contribution in [0.4, 0.5) is 0 Å². The van der Waals surface area contributed by atoms with Gasteiger partial charge in [-0.15, -0.1) is 0 Å². The van der Waals surface area contributed by atoms with Crippen LogP contribution >= 0.6 is 22.6 Å². The van der Waals surface area contributed by atoms with Gasteiger partial charge in [0.05, 0.1) is 22.7 Å². The Morgan fingerprint density at radius 1 is 1.33 bits per heavy atom. The lowest BCUT2D eigenvalue weighted by atomic mass is 9.87. The molecule has 0 aliphatic heterocycles. The quantitative estimate of drug-likeness (QED) is 0.710. The Morgan fingerprint density at radius 3 is 2.67 bits per heavy atom. The molecule has 0 spiro atoms. The van der Waals surface area contributed by atoms with Crippen molar-refractivity contribution in [3.63, 3.8) is 0 Å². The topological polar surface area (TPSA) is 75.7 Å². The molecule has 0 amide bonds. The Bertz CT molecular complexity index is 797. The van der Waals surface area contributed by atoms with Gasteiger partial charge < -0.3 is 4.98 Å². The maximum atomic E-state index is 12.2. The van der Waals surface area contributed by atoms with E-state index in [0.29, 0.717) is 10.6 Å². The van der Waals surface area contributed by atoms with Crippen LogP contribution < -0.4 is 0 Å². The van der Waals surface area contributed by atoms with Gasteiger partial charge >= 0.3 is 0 Å². The van der Waals surface area contributed by atoms with Crippen LogP contribution in [0.2, 0.25) is 0 Å². The number of allylic oxidation sites excluding steroid dienone is 4. The number of hydrogen-bond acceptors (Lipinski definition) is 4. The highest BCUT2D eigenvalue weighted by molar-refractivity contribution is 14.1. The number of halogens is 1. The van der Waals surface area contributed by atoms with E-state index < -0.39 is 9.84 Å². The van der Waals surface area contributed by atoms with Gasteiger partial charge in [0.25, 0.3) is 0 Å². The average Bonchev–Trinajstić information content (AvgIpc) is 3.15. The van der Waals surface area contributed by atoms with E-state index in [4.69, 9.17) is 0 Å². The molecule has 2 unspecified atom stereocenters. The fourth-order valence-electron chi connectivity index (χ4n) is 2.41. The van der Waals surface area contributed by atoms with Crippen LogP contribution in [0.15, 0.2) is 63.8 Å². The van der Waals surface area contributed by atoms with Crippen LogP contribution in [0.3, 0.4) is 0 Å². The van der Waals surface area contributed by atoms with E-state index in [1.54, 1.807) is 44.0 Å². The Kier molecular flexibility index (Phi) is 6.73. The molecule has 1 N–H and O–H groups in total. The van der Waals surface area contributed by atoms with E-state index in [2.05, 4.69) is 50.5 Å². The van der Waals surface area contributed by atoms with Crippen LogP contribution in [0.25, 0.3) is 0 Å². The number of H-pyrrole nitrogens is 1. The molecule has 7 heteroatoms. The summed E-state index contributed by atoms with van der Waals surface area (Å²) < 4.78 is 25.5. The maximum absolute atomic E-state index is 12.2. The second-order valence-corrected chi connectivity index (χ2v) is 8.84. The third kappa shape index (κ3) is 4.76. The van der Waals surface area contributed by atoms with E-state index in [0.717, 1.165) is 0 Å². The van der Waals surface area contributed by atoms with Crippen molar-refractivity contribution in [1.29, 1.82) is 0 Å². The number of nitrogens with one attached hydrogen (secondary N) is 1. The highest BCUT2D eigenvalue weighted by Crippen LogP contribution is 2.35. The summed E-state index contributed by atoms with van der Waals surface area (Å²) in [4.78, 5) is 11.1. The van der Waals surface area contributed by atoms with Crippen molar-refractivity contribution in [3.05, 3.63) is 64.6 Å². The van der Waals surface area contributed by atoms with Gasteiger partial charge in [-0.25, -0.2) is 13.4 Å². The molecule has 2 aromatic heterocycles. The molecule has 1 aliphatic carbocycles. The number of nitrogens with zero attached hydrogens (tertiary/aromatic N) is 2. The summed E-state index contributed by atoms with van der Waals surface area (Å²) in [6, 6.07) is 3.34. The predicted molar refractivity (Wildman–Crippen MR) is 104 cm³/mol. The Morgan fingerprint density at radius 2 is 2.12 bits per heavy atom. The number of sulfone groups is 1. The minimum Gasteiger partial charge on any atom is -0.351 e. The van der Waals surface area contributed by atoms with Crippen LogP contribution in [0, 0.1) is 5.92 Å². The van der Waals surface area contributed by atoms with Gasteiger partial charge in [-0.2, -0.15) is 0 Å². The minimum atomic E-state index is -3.23. The molecule has 0 saturated heterocycles. The van der Waals surface area contributed by atoms with Gasteiger partial charge in [-0.1, -0.05) is 32.1 Å². The molecule has 1 aliphatic rings. The fourth-order valence-corrected chi connectivity index (χ4v) is 4.29. The second-order valence-electron chi connectivity index (χ2n) is 5.35. The van der Waals surface area contributed by atoms with Gasteiger partial charge in [0, 0.05) is 28.1 Å². The lowest BCUT2D eigenvalue weighted by Gasteiger charge is -2.23. The molecular weight excluding hydrogens is 437 g/mol.